The van der Waals surface area contributed by atoms with Gasteiger partial charge in [-0.2, -0.15) is 0 Å². The highest BCUT2D eigenvalue weighted by Crippen LogP contribution is 2.14. The van der Waals surface area contributed by atoms with Gasteiger partial charge in [0.2, 0.25) is 5.88 Å². The highest BCUT2D eigenvalue weighted by molar-refractivity contribution is 5.28. The van der Waals surface area contributed by atoms with Crippen LogP contribution in [0.2, 0.25) is 0 Å². The Hall–Kier alpha value is -1.09. The molecule has 1 N–H and O–H groups in total. The molecule has 0 fully saturated rings. The summed E-state index contributed by atoms with van der Waals surface area (Å²) >= 11 is 0. The van der Waals surface area contributed by atoms with Crippen molar-refractivity contribution < 1.29 is 4.74 Å². The molecule has 1 aromatic rings. The fourth-order valence-corrected chi connectivity index (χ4v) is 1.21. The van der Waals surface area contributed by atoms with Crippen LogP contribution in [0.3, 0.4) is 0 Å². The second-order valence-electron chi connectivity index (χ2n) is 2.93. The minimum atomic E-state index is 0.666. The van der Waals surface area contributed by atoms with E-state index < -0.39 is 0 Å². The average Bonchev–Trinajstić information content (AvgIpc) is 2.10. The van der Waals surface area contributed by atoms with Crippen LogP contribution < -0.4 is 10.1 Å². The lowest BCUT2D eigenvalue weighted by Crippen LogP contribution is -2.06. The molecule has 0 amide bonds. The van der Waals surface area contributed by atoms with Crippen molar-refractivity contribution in [3.8, 4) is 5.88 Å². The third-order valence-corrected chi connectivity index (χ3v) is 1.75. The number of ether oxygens (including phenoxy) is 1. The maximum Gasteiger partial charge on any atom is 0.216 e. The van der Waals surface area contributed by atoms with Crippen molar-refractivity contribution in [2.75, 3.05) is 13.7 Å². The molecular weight excluding hydrogens is 164 g/mol. The van der Waals surface area contributed by atoms with Gasteiger partial charge in [0.05, 0.1) is 6.61 Å². The van der Waals surface area contributed by atoms with Crippen molar-refractivity contribution in [3.05, 3.63) is 23.4 Å². The SMILES string of the molecule is CCOc1ncc(CNC)cc1C. The van der Waals surface area contributed by atoms with E-state index in [1.807, 2.05) is 27.1 Å². The first-order valence-corrected chi connectivity index (χ1v) is 4.50. The molecule has 0 aliphatic carbocycles. The number of aryl methyl sites for hydroxylation is 1. The second-order valence-corrected chi connectivity index (χ2v) is 2.93. The quantitative estimate of drug-likeness (QED) is 0.762. The summed E-state index contributed by atoms with van der Waals surface area (Å²) in [6.07, 6.45) is 1.84. The van der Waals surface area contributed by atoms with Crippen LogP contribution in [0.5, 0.6) is 5.88 Å². The predicted molar refractivity (Wildman–Crippen MR) is 52.9 cm³/mol. The van der Waals surface area contributed by atoms with Crippen molar-refractivity contribution >= 4 is 0 Å². The molecular formula is C10H16N2O. The Morgan fingerprint density at radius 2 is 2.31 bits per heavy atom. The van der Waals surface area contributed by atoms with Gasteiger partial charge >= 0.3 is 0 Å². The molecule has 0 radical (unpaired) electrons. The summed E-state index contributed by atoms with van der Waals surface area (Å²) in [4.78, 5) is 4.22. The van der Waals surface area contributed by atoms with E-state index >= 15 is 0 Å². The number of nitrogens with zero attached hydrogens (tertiary/aromatic N) is 1. The van der Waals surface area contributed by atoms with Gasteiger partial charge in [-0.1, -0.05) is 0 Å². The van der Waals surface area contributed by atoms with Crippen LogP contribution in [0, 0.1) is 6.92 Å². The monoisotopic (exact) mass is 180 g/mol. The van der Waals surface area contributed by atoms with Crippen LogP contribution in [0.15, 0.2) is 12.3 Å². The molecule has 0 aliphatic rings. The van der Waals surface area contributed by atoms with Gasteiger partial charge in [-0.15, -0.1) is 0 Å². The van der Waals surface area contributed by atoms with Gasteiger partial charge in [0.15, 0.2) is 0 Å². The van der Waals surface area contributed by atoms with E-state index in [9.17, 15) is 0 Å². The Bertz CT molecular complexity index is 274. The topological polar surface area (TPSA) is 34.1 Å². The zero-order chi connectivity index (χ0) is 9.68. The van der Waals surface area contributed by atoms with Crippen molar-refractivity contribution in [3.63, 3.8) is 0 Å². The van der Waals surface area contributed by atoms with Crippen molar-refractivity contribution in [1.29, 1.82) is 0 Å². The Morgan fingerprint density at radius 1 is 1.54 bits per heavy atom. The first-order chi connectivity index (χ1) is 6.27. The van der Waals surface area contributed by atoms with Crippen LogP contribution in [0.25, 0.3) is 0 Å². The molecule has 1 rings (SSSR count). The second kappa shape index (κ2) is 4.82. The van der Waals surface area contributed by atoms with Gasteiger partial charge in [-0.3, -0.25) is 0 Å². The number of rotatable bonds is 4. The molecule has 0 atom stereocenters. The van der Waals surface area contributed by atoms with Gasteiger partial charge in [0.1, 0.15) is 0 Å². The van der Waals surface area contributed by atoms with Crippen molar-refractivity contribution in [1.82, 2.24) is 10.3 Å². The maximum atomic E-state index is 5.34. The van der Waals surface area contributed by atoms with Crippen LogP contribution >= 0.6 is 0 Å². The van der Waals surface area contributed by atoms with Crippen LogP contribution in [-0.2, 0) is 6.54 Å². The van der Waals surface area contributed by atoms with Gasteiger partial charge in [-0.05, 0) is 32.5 Å². The van der Waals surface area contributed by atoms with E-state index in [-0.39, 0.29) is 0 Å². The van der Waals surface area contributed by atoms with Gasteiger partial charge < -0.3 is 10.1 Å². The number of aromatic nitrogens is 1. The summed E-state index contributed by atoms with van der Waals surface area (Å²) in [6.45, 7) is 5.49. The normalized spacial score (nSPS) is 10.1. The Labute approximate surface area is 79.1 Å². The molecule has 0 saturated heterocycles. The number of nitrogens with one attached hydrogen (secondary N) is 1. The molecule has 0 saturated carbocycles. The van der Waals surface area contributed by atoms with Gasteiger partial charge in [0, 0.05) is 18.3 Å². The summed E-state index contributed by atoms with van der Waals surface area (Å²) in [5, 5.41) is 3.08. The molecule has 0 aromatic carbocycles. The lowest BCUT2D eigenvalue weighted by molar-refractivity contribution is 0.324. The number of hydrogen-bond donors (Lipinski definition) is 1. The number of hydrogen-bond acceptors (Lipinski definition) is 3. The highest BCUT2D eigenvalue weighted by atomic mass is 16.5. The smallest absolute Gasteiger partial charge is 0.216 e. The Morgan fingerprint density at radius 3 is 2.85 bits per heavy atom. The van der Waals surface area contributed by atoms with E-state index in [0.717, 1.165) is 18.0 Å². The van der Waals surface area contributed by atoms with E-state index in [2.05, 4.69) is 16.4 Å². The Balaban J connectivity index is 2.79. The lowest BCUT2D eigenvalue weighted by atomic mass is 10.2. The Kier molecular flexibility index (Phi) is 3.71. The standard InChI is InChI=1S/C10H16N2O/c1-4-13-10-8(2)5-9(6-11-3)7-12-10/h5,7,11H,4,6H2,1-3H3. The van der Waals surface area contributed by atoms with E-state index in [4.69, 9.17) is 4.74 Å². The summed E-state index contributed by atoms with van der Waals surface area (Å²) in [5.41, 5.74) is 2.28. The van der Waals surface area contributed by atoms with E-state index in [1.165, 1.54) is 5.56 Å². The van der Waals surface area contributed by atoms with Crippen molar-refractivity contribution in [2.24, 2.45) is 0 Å². The molecule has 1 aromatic heterocycles. The van der Waals surface area contributed by atoms with E-state index in [0.29, 0.717) is 6.61 Å². The maximum absolute atomic E-state index is 5.34. The summed E-state index contributed by atoms with van der Waals surface area (Å²) in [6, 6.07) is 2.09. The largest absolute Gasteiger partial charge is 0.478 e. The van der Waals surface area contributed by atoms with Gasteiger partial charge in [0.25, 0.3) is 0 Å². The highest BCUT2D eigenvalue weighted by Gasteiger charge is 2.00. The summed E-state index contributed by atoms with van der Waals surface area (Å²) in [5.74, 6) is 0.738. The molecule has 13 heavy (non-hydrogen) atoms. The predicted octanol–water partition coefficient (Wildman–Crippen LogP) is 1.51. The van der Waals surface area contributed by atoms with Crippen LogP contribution in [0.1, 0.15) is 18.1 Å². The molecule has 3 heteroatoms. The minimum Gasteiger partial charge on any atom is -0.478 e. The summed E-state index contributed by atoms with van der Waals surface area (Å²) in [7, 11) is 1.92. The molecule has 1 heterocycles. The molecule has 72 valence electrons. The molecule has 0 spiro atoms. The van der Waals surface area contributed by atoms with E-state index in [1.54, 1.807) is 0 Å². The first kappa shape index (κ1) is 9.99. The fourth-order valence-electron chi connectivity index (χ4n) is 1.21. The summed E-state index contributed by atoms with van der Waals surface area (Å²) < 4.78 is 5.34. The third kappa shape index (κ3) is 2.70. The van der Waals surface area contributed by atoms with Crippen LogP contribution in [-0.4, -0.2) is 18.6 Å². The third-order valence-electron chi connectivity index (χ3n) is 1.75. The number of pyridine rings is 1. The van der Waals surface area contributed by atoms with Gasteiger partial charge in [-0.25, -0.2) is 4.98 Å². The molecule has 0 bridgehead atoms. The molecule has 0 unspecified atom stereocenters. The molecule has 0 aliphatic heterocycles. The molecule has 3 nitrogen and oxygen atoms in total. The zero-order valence-electron chi connectivity index (χ0n) is 8.42. The van der Waals surface area contributed by atoms with Crippen molar-refractivity contribution in [2.45, 2.75) is 20.4 Å². The van der Waals surface area contributed by atoms with Crippen LogP contribution in [0.4, 0.5) is 0 Å². The minimum absolute atomic E-state index is 0.666. The fraction of sp³-hybridized carbons (Fsp3) is 0.500. The lowest BCUT2D eigenvalue weighted by Gasteiger charge is -2.07. The first-order valence-electron chi connectivity index (χ1n) is 4.50. The average molecular weight is 180 g/mol. The zero-order valence-corrected chi connectivity index (χ0v) is 8.42.